The number of non-ortho nitro benzene ring substituents is 1. The zero-order valence-electron chi connectivity index (χ0n) is 13.0. The molecule has 134 valence electrons. The van der Waals surface area contributed by atoms with E-state index in [1.807, 2.05) is 0 Å². The Hall–Kier alpha value is -2.46. The molecule has 0 spiro atoms. The average molecular weight is 369 g/mol. The summed E-state index contributed by atoms with van der Waals surface area (Å²) in [6, 6.07) is 2.64. The summed E-state index contributed by atoms with van der Waals surface area (Å²) in [5, 5.41) is 12.1. The van der Waals surface area contributed by atoms with E-state index >= 15 is 0 Å². The number of sulfone groups is 1. The van der Waals surface area contributed by atoms with Gasteiger partial charge in [0.25, 0.3) is 5.69 Å². The summed E-state index contributed by atoms with van der Waals surface area (Å²) < 4.78 is 38.3. The van der Waals surface area contributed by atoms with Crippen LogP contribution in [0.2, 0.25) is 0 Å². The van der Waals surface area contributed by atoms with Gasteiger partial charge in [0.15, 0.2) is 16.6 Å². The van der Waals surface area contributed by atoms with Crippen molar-refractivity contribution in [3.8, 4) is 5.75 Å². The number of nitro benzene ring substituents is 1. The molecule has 0 aliphatic carbocycles. The summed E-state index contributed by atoms with van der Waals surface area (Å²) in [7, 11) is -3.23. The van der Waals surface area contributed by atoms with E-state index in [-0.39, 0.29) is 37.9 Å². The second-order valence-corrected chi connectivity index (χ2v) is 7.68. The number of benzene rings is 1. The number of hydrogen-bond acceptors (Lipinski definition) is 8. The molecule has 0 radical (unpaired) electrons. The molecule has 0 amide bonds. The molecular formula is C15H15NO8S. The van der Waals surface area contributed by atoms with Crippen LogP contribution in [0.4, 0.5) is 5.69 Å². The zero-order valence-corrected chi connectivity index (χ0v) is 13.9. The molecule has 25 heavy (non-hydrogen) atoms. The fourth-order valence-corrected chi connectivity index (χ4v) is 4.09. The highest BCUT2D eigenvalue weighted by atomic mass is 32.2. The number of hydrogen-bond donors (Lipinski definition) is 0. The Balaban J connectivity index is 1.68. The summed E-state index contributed by atoms with van der Waals surface area (Å²) >= 11 is 0. The molecule has 2 aliphatic heterocycles. The van der Waals surface area contributed by atoms with Crippen molar-refractivity contribution in [1.82, 2.24) is 0 Å². The summed E-state index contributed by atoms with van der Waals surface area (Å²) in [6.45, 7) is -0.0226. The lowest BCUT2D eigenvalue weighted by molar-refractivity contribution is -0.385. The summed E-state index contributed by atoms with van der Waals surface area (Å²) in [5.41, 5.74) is 0.732. The van der Waals surface area contributed by atoms with Gasteiger partial charge in [0.2, 0.25) is 0 Å². The molecule has 9 nitrogen and oxygen atoms in total. The molecule has 0 aromatic heterocycles. The molecule has 0 N–H and O–H groups in total. The van der Waals surface area contributed by atoms with E-state index in [4.69, 9.17) is 14.2 Å². The minimum atomic E-state index is -3.23. The molecule has 1 unspecified atom stereocenters. The first-order valence-electron chi connectivity index (χ1n) is 7.41. The van der Waals surface area contributed by atoms with Crippen molar-refractivity contribution in [2.45, 2.75) is 19.6 Å². The maximum Gasteiger partial charge on any atom is 0.306 e. The minimum absolute atomic E-state index is 0.0104. The van der Waals surface area contributed by atoms with Crippen molar-refractivity contribution in [2.75, 3.05) is 12.5 Å². The van der Waals surface area contributed by atoms with Crippen LogP contribution < -0.4 is 4.74 Å². The molecule has 1 atom stereocenters. The van der Waals surface area contributed by atoms with Gasteiger partial charge < -0.3 is 14.2 Å². The van der Waals surface area contributed by atoms with Crippen LogP contribution in [-0.4, -0.2) is 31.9 Å². The van der Waals surface area contributed by atoms with Crippen molar-refractivity contribution in [1.29, 1.82) is 0 Å². The first-order valence-corrected chi connectivity index (χ1v) is 9.13. The van der Waals surface area contributed by atoms with E-state index in [0.29, 0.717) is 16.9 Å². The van der Waals surface area contributed by atoms with Crippen LogP contribution in [0.25, 0.3) is 0 Å². The quantitative estimate of drug-likeness (QED) is 0.434. The maximum atomic E-state index is 11.9. The Kier molecular flexibility index (Phi) is 4.73. The summed E-state index contributed by atoms with van der Waals surface area (Å²) in [6.07, 6.45) is 1.39. The maximum absolute atomic E-state index is 11.9. The number of nitrogens with zero attached hydrogens (tertiary/aromatic N) is 1. The molecule has 10 heteroatoms. The first-order chi connectivity index (χ1) is 11.8. The SMILES string of the molecule is O=C(CC1C=CS(=O)(=O)C1)OCc1cc([N+](=O)[O-])cc2c1OCOC2. The highest BCUT2D eigenvalue weighted by Crippen LogP contribution is 2.33. The van der Waals surface area contributed by atoms with E-state index in [2.05, 4.69) is 0 Å². The van der Waals surface area contributed by atoms with Gasteiger partial charge in [0, 0.05) is 34.6 Å². The minimum Gasteiger partial charge on any atom is -0.467 e. The lowest BCUT2D eigenvalue weighted by atomic mass is 10.1. The summed E-state index contributed by atoms with van der Waals surface area (Å²) in [5.74, 6) is -0.706. The Bertz CT molecular complexity index is 845. The Morgan fingerprint density at radius 3 is 2.88 bits per heavy atom. The van der Waals surface area contributed by atoms with Crippen LogP contribution in [0.1, 0.15) is 17.5 Å². The molecule has 0 bridgehead atoms. The van der Waals surface area contributed by atoms with Crippen LogP contribution in [0, 0.1) is 16.0 Å². The first kappa shape index (κ1) is 17.4. The Morgan fingerprint density at radius 2 is 2.20 bits per heavy atom. The molecule has 0 fully saturated rings. The van der Waals surface area contributed by atoms with E-state index in [9.17, 15) is 23.3 Å². The van der Waals surface area contributed by atoms with E-state index in [0.717, 1.165) is 5.41 Å². The number of esters is 1. The Morgan fingerprint density at radius 1 is 1.40 bits per heavy atom. The molecule has 3 rings (SSSR count). The van der Waals surface area contributed by atoms with Gasteiger partial charge in [0.05, 0.1) is 23.7 Å². The van der Waals surface area contributed by atoms with E-state index in [1.165, 1.54) is 18.2 Å². The van der Waals surface area contributed by atoms with Crippen LogP contribution in [-0.2, 0) is 37.3 Å². The van der Waals surface area contributed by atoms with Crippen molar-refractivity contribution in [2.24, 2.45) is 5.92 Å². The van der Waals surface area contributed by atoms with Gasteiger partial charge >= 0.3 is 5.97 Å². The molecule has 2 aliphatic rings. The van der Waals surface area contributed by atoms with Crippen molar-refractivity contribution < 1.29 is 32.3 Å². The zero-order chi connectivity index (χ0) is 18.0. The smallest absolute Gasteiger partial charge is 0.306 e. The molecule has 1 aromatic carbocycles. The van der Waals surface area contributed by atoms with Gasteiger partial charge in [0.1, 0.15) is 12.4 Å². The van der Waals surface area contributed by atoms with Crippen molar-refractivity contribution in [3.05, 3.63) is 44.9 Å². The van der Waals surface area contributed by atoms with E-state index < -0.39 is 26.6 Å². The molecule has 0 saturated heterocycles. The number of rotatable bonds is 5. The number of ether oxygens (including phenoxy) is 3. The number of fused-ring (bicyclic) bond motifs is 1. The third kappa shape index (κ3) is 4.15. The second kappa shape index (κ2) is 6.81. The fraction of sp³-hybridized carbons (Fsp3) is 0.400. The average Bonchev–Trinajstić information content (AvgIpc) is 2.90. The van der Waals surface area contributed by atoms with Crippen LogP contribution in [0.15, 0.2) is 23.6 Å². The third-order valence-corrected chi connectivity index (χ3v) is 5.27. The lowest BCUT2D eigenvalue weighted by Gasteiger charge is -2.20. The normalized spacial score (nSPS) is 20.6. The van der Waals surface area contributed by atoms with Gasteiger partial charge in [-0.05, 0) is 0 Å². The predicted molar refractivity (Wildman–Crippen MR) is 84.2 cm³/mol. The third-order valence-electron chi connectivity index (χ3n) is 3.80. The van der Waals surface area contributed by atoms with Gasteiger partial charge in [-0.3, -0.25) is 14.9 Å². The summed E-state index contributed by atoms with van der Waals surface area (Å²) in [4.78, 5) is 22.4. The van der Waals surface area contributed by atoms with Crippen LogP contribution >= 0.6 is 0 Å². The second-order valence-electron chi connectivity index (χ2n) is 5.74. The van der Waals surface area contributed by atoms with Crippen LogP contribution in [0.3, 0.4) is 0 Å². The lowest BCUT2D eigenvalue weighted by Crippen LogP contribution is -2.16. The largest absolute Gasteiger partial charge is 0.467 e. The molecule has 0 saturated carbocycles. The van der Waals surface area contributed by atoms with Crippen LogP contribution in [0.5, 0.6) is 5.75 Å². The number of carbonyl (C=O) groups is 1. The van der Waals surface area contributed by atoms with Gasteiger partial charge in [-0.2, -0.15) is 0 Å². The topological polar surface area (TPSA) is 122 Å². The van der Waals surface area contributed by atoms with Crippen molar-refractivity contribution >= 4 is 21.5 Å². The van der Waals surface area contributed by atoms with Gasteiger partial charge in [-0.25, -0.2) is 8.42 Å². The molecule has 2 heterocycles. The number of carbonyl (C=O) groups excluding carboxylic acids is 1. The highest BCUT2D eigenvalue weighted by molar-refractivity contribution is 7.94. The molecular weight excluding hydrogens is 354 g/mol. The Labute approximate surface area is 143 Å². The van der Waals surface area contributed by atoms with Crippen molar-refractivity contribution in [3.63, 3.8) is 0 Å². The monoisotopic (exact) mass is 369 g/mol. The highest BCUT2D eigenvalue weighted by Gasteiger charge is 2.25. The van der Waals surface area contributed by atoms with E-state index in [1.54, 1.807) is 0 Å². The van der Waals surface area contributed by atoms with Gasteiger partial charge in [-0.15, -0.1) is 0 Å². The fourth-order valence-electron chi connectivity index (χ4n) is 2.69. The number of nitro groups is 1. The molecule has 1 aromatic rings. The standard InChI is InChI=1S/C15H15NO8S/c17-14(3-10-1-2-25(20,21)8-10)23-7-12-5-13(16(18)19)4-11-6-22-9-24-15(11)12/h1-2,4-5,10H,3,6-9H2. The van der Waals surface area contributed by atoms with Gasteiger partial charge in [-0.1, -0.05) is 6.08 Å². The number of allylic oxidation sites excluding steroid dienone is 1. The predicted octanol–water partition coefficient (Wildman–Crippen LogP) is 1.45.